The second-order valence-electron chi connectivity index (χ2n) is 3.98. The van der Waals surface area contributed by atoms with Crippen molar-refractivity contribution in [3.8, 4) is 0 Å². The largest absolute Gasteiger partial charge is 0.476 e. The van der Waals surface area contributed by atoms with E-state index in [4.69, 9.17) is 0 Å². The molecule has 0 radical (unpaired) electrons. The zero-order chi connectivity index (χ0) is 13.3. The highest BCUT2D eigenvalue weighted by molar-refractivity contribution is 5.88. The van der Waals surface area contributed by atoms with Crippen LogP contribution in [0.25, 0.3) is 5.65 Å². The SMILES string of the molecule is CCN(CC)c1ccc2nc(C)c(C(=O)O)n2n1. The Labute approximate surface area is 105 Å². The molecule has 0 saturated carbocycles. The summed E-state index contributed by atoms with van der Waals surface area (Å²) in [5, 5.41) is 13.5. The number of anilines is 1. The molecule has 1 N–H and O–H groups in total. The molecule has 0 aliphatic rings. The maximum Gasteiger partial charge on any atom is 0.356 e. The summed E-state index contributed by atoms with van der Waals surface area (Å²) >= 11 is 0. The number of fused-ring (bicyclic) bond motifs is 1. The molecule has 2 rings (SSSR count). The summed E-state index contributed by atoms with van der Waals surface area (Å²) in [6.07, 6.45) is 0. The smallest absolute Gasteiger partial charge is 0.356 e. The van der Waals surface area contributed by atoms with Gasteiger partial charge in [-0.15, -0.1) is 5.10 Å². The van der Waals surface area contributed by atoms with Crippen LogP contribution in [0.3, 0.4) is 0 Å². The van der Waals surface area contributed by atoms with Crippen molar-refractivity contribution in [2.24, 2.45) is 0 Å². The lowest BCUT2D eigenvalue weighted by molar-refractivity contribution is 0.0687. The van der Waals surface area contributed by atoms with E-state index in [1.165, 1.54) is 4.52 Å². The summed E-state index contributed by atoms with van der Waals surface area (Å²) < 4.78 is 1.39. The Hall–Kier alpha value is -2.11. The van der Waals surface area contributed by atoms with Gasteiger partial charge in [-0.05, 0) is 32.9 Å². The van der Waals surface area contributed by atoms with Gasteiger partial charge in [0.15, 0.2) is 11.3 Å². The molecular formula is C12H16N4O2. The highest BCUT2D eigenvalue weighted by Gasteiger charge is 2.17. The number of carboxylic acid groups (broad SMARTS) is 1. The Morgan fingerprint density at radius 2 is 2.06 bits per heavy atom. The molecular weight excluding hydrogens is 232 g/mol. The van der Waals surface area contributed by atoms with Crippen molar-refractivity contribution >= 4 is 17.4 Å². The summed E-state index contributed by atoms with van der Waals surface area (Å²) in [6.45, 7) is 7.39. The quantitative estimate of drug-likeness (QED) is 0.889. The van der Waals surface area contributed by atoms with Crippen LogP contribution < -0.4 is 4.90 Å². The van der Waals surface area contributed by atoms with E-state index >= 15 is 0 Å². The molecule has 6 heteroatoms. The zero-order valence-corrected chi connectivity index (χ0v) is 10.7. The minimum atomic E-state index is -1.01. The molecule has 0 aromatic carbocycles. The summed E-state index contributed by atoms with van der Waals surface area (Å²) in [4.78, 5) is 17.4. The third-order valence-corrected chi connectivity index (χ3v) is 2.93. The van der Waals surface area contributed by atoms with E-state index in [9.17, 15) is 9.90 Å². The summed E-state index contributed by atoms with van der Waals surface area (Å²) in [6, 6.07) is 3.65. The van der Waals surface area contributed by atoms with Gasteiger partial charge in [-0.3, -0.25) is 0 Å². The van der Waals surface area contributed by atoms with E-state index in [1.54, 1.807) is 13.0 Å². The number of carboxylic acids is 1. The number of carbonyl (C=O) groups is 1. The van der Waals surface area contributed by atoms with Crippen LogP contribution in [0.5, 0.6) is 0 Å². The lowest BCUT2D eigenvalue weighted by Gasteiger charge is -2.19. The molecule has 0 spiro atoms. The zero-order valence-electron chi connectivity index (χ0n) is 10.7. The Morgan fingerprint density at radius 3 is 2.61 bits per heavy atom. The average molecular weight is 248 g/mol. The molecule has 96 valence electrons. The van der Waals surface area contributed by atoms with E-state index in [2.05, 4.69) is 15.0 Å². The first-order chi connectivity index (χ1) is 8.58. The van der Waals surface area contributed by atoms with Gasteiger partial charge in [0.05, 0.1) is 5.69 Å². The van der Waals surface area contributed by atoms with Gasteiger partial charge in [-0.25, -0.2) is 14.3 Å². The van der Waals surface area contributed by atoms with Gasteiger partial charge >= 0.3 is 5.97 Å². The van der Waals surface area contributed by atoms with Crippen molar-refractivity contribution in [3.63, 3.8) is 0 Å². The number of rotatable bonds is 4. The lowest BCUT2D eigenvalue weighted by atomic mass is 10.3. The number of hydrogen-bond donors (Lipinski definition) is 1. The van der Waals surface area contributed by atoms with Crippen LogP contribution in [0.4, 0.5) is 5.82 Å². The maximum atomic E-state index is 11.2. The van der Waals surface area contributed by atoms with Gasteiger partial charge in [0, 0.05) is 13.1 Å². The predicted octanol–water partition coefficient (Wildman–Crippen LogP) is 1.58. The number of nitrogens with zero attached hydrogens (tertiary/aromatic N) is 4. The Bertz CT molecular complexity index is 587. The van der Waals surface area contributed by atoms with Crippen molar-refractivity contribution in [3.05, 3.63) is 23.5 Å². The maximum absolute atomic E-state index is 11.2. The molecule has 6 nitrogen and oxygen atoms in total. The Kier molecular flexibility index (Phi) is 3.18. The molecule has 0 atom stereocenters. The molecule has 0 bridgehead atoms. The highest BCUT2D eigenvalue weighted by Crippen LogP contribution is 2.15. The van der Waals surface area contributed by atoms with E-state index in [0.717, 1.165) is 18.9 Å². The van der Waals surface area contributed by atoms with Crippen LogP contribution in [0.15, 0.2) is 12.1 Å². The van der Waals surface area contributed by atoms with Crippen LogP contribution in [-0.2, 0) is 0 Å². The van der Waals surface area contributed by atoms with E-state index in [-0.39, 0.29) is 5.69 Å². The Morgan fingerprint density at radius 1 is 1.39 bits per heavy atom. The van der Waals surface area contributed by atoms with Crippen molar-refractivity contribution in [2.75, 3.05) is 18.0 Å². The normalized spacial score (nSPS) is 10.8. The molecule has 0 aliphatic heterocycles. The number of imidazole rings is 1. The number of aryl methyl sites for hydroxylation is 1. The highest BCUT2D eigenvalue weighted by atomic mass is 16.4. The van der Waals surface area contributed by atoms with E-state index in [1.807, 2.05) is 19.9 Å². The third-order valence-electron chi connectivity index (χ3n) is 2.93. The lowest BCUT2D eigenvalue weighted by Crippen LogP contribution is -2.24. The topological polar surface area (TPSA) is 70.7 Å². The summed E-state index contributed by atoms with van der Waals surface area (Å²) in [5.74, 6) is -0.253. The van der Waals surface area contributed by atoms with Gasteiger partial charge in [0.2, 0.25) is 0 Å². The van der Waals surface area contributed by atoms with Crippen molar-refractivity contribution in [1.29, 1.82) is 0 Å². The first-order valence-electron chi connectivity index (χ1n) is 5.93. The van der Waals surface area contributed by atoms with Gasteiger partial charge < -0.3 is 10.0 Å². The van der Waals surface area contributed by atoms with Gasteiger partial charge in [-0.2, -0.15) is 0 Å². The van der Waals surface area contributed by atoms with E-state index < -0.39 is 5.97 Å². The number of aromatic nitrogens is 3. The second kappa shape index (κ2) is 4.64. The van der Waals surface area contributed by atoms with Crippen LogP contribution in [-0.4, -0.2) is 38.8 Å². The molecule has 2 heterocycles. The molecule has 0 fully saturated rings. The fourth-order valence-electron chi connectivity index (χ4n) is 2.00. The van der Waals surface area contributed by atoms with Crippen LogP contribution in [0.1, 0.15) is 30.0 Å². The molecule has 2 aromatic heterocycles. The van der Waals surface area contributed by atoms with E-state index in [0.29, 0.717) is 11.3 Å². The van der Waals surface area contributed by atoms with Gasteiger partial charge in [0.1, 0.15) is 5.82 Å². The molecule has 2 aromatic rings. The van der Waals surface area contributed by atoms with Crippen molar-refractivity contribution in [1.82, 2.24) is 14.6 Å². The fraction of sp³-hybridized carbons (Fsp3) is 0.417. The predicted molar refractivity (Wildman–Crippen MR) is 68.2 cm³/mol. The first kappa shape index (κ1) is 12.3. The number of hydrogen-bond acceptors (Lipinski definition) is 4. The number of aromatic carboxylic acids is 1. The monoisotopic (exact) mass is 248 g/mol. The molecule has 18 heavy (non-hydrogen) atoms. The van der Waals surface area contributed by atoms with Crippen LogP contribution >= 0.6 is 0 Å². The summed E-state index contributed by atoms with van der Waals surface area (Å²) in [7, 11) is 0. The van der Waals surface area contributed by atoms with Crippen molar-refractivity contribution < 1.29 is 9.90 Å². The minimum absolute atomic E-state index is 0.124. The molecule has 0 amide bonds. The third kappa shape index (κ3) is 1.90. The average Bonchev–Trinajstić information content (AvgIpc) is 2.66. The summed E-state index contributed by atoms with van der Waals surface area (Å²) in [5.41, 5.74) is 1.16. The van der Waals surface area contributed by atoms with Crippen molar-refractivity contribution in [2.45, 2.75) is 20.8 Å². The standard InChI is InChI=1S/C12H16N4O2/c1-4-15(5-2)10-7-6-9-13-8(3)11(12(17)18)16(9)14-10/h6-7H,4-5H2,1-3H3,(H,17,18). The molecule has 0 unspecified atom stereocenters. The minimum Gasteiger partial charge on any atom is -0.476 e. The van der Waals surface area contributed by atoms with Crippen LogP contribution in [0, 0.1) is 6.92 Å². The van der Waals surface area contributed by atoms with Gasteiger partial charge in [-0.1, -0.05) is 0 Å². The fourth-order valence-corrected chi connectivity index (χ4v) is 2.00. The molecule has 0 saturated heterocycles. The Balaban J connectivity index is 2.62. The first-order valence-corrected chi connectivity index (χ1v) is 5.93. The van der Waals surface area contributed by atoms with Gasteiger partial charge in [0.25, 0.3) is 0 Å². The molecule has 0 aliphatic carbocycles. The second-order valence-corrected chi connectivity index (χ2v) is 3.98. The van der Waals surface area contributed by atoms with Crippen LogP contribution in [0.2, 0.25) is 0 Å².